The summed E-state index contributed by atoms with van der Waals surface area (Å²) in [6.45, 7) is 7.26. The molecule has 0 aromatic heterocycles. The van der Waals surface area contributed by atoms with Crippen molar-refractivity contribution in [3.63, 3.8) is 0 Å². The maximum Gasteiger partial charge on any atom is 0.251 e. The normalized spacial score (nSPS) is 12.4. The van der Waals surface area contributed by atoms with Gasteiger partial charge in [0.05, 0.1) is 12.6 Å². The highest BCUT2D eigenvalue weighted by Gasteiger charge is 2.17. The van der Waals surface area contributed by atoms with Gasteiger partial charge in [0, 0.05) is 17.9 Å². The summed E-state index contributed by atoms with van der Waals surface area (Å²) in [6, 6.07) is 6.92. The van der Waals surface area contributed by atoms with Crippen LogP contribution < -0.4 is 11.1 Å². The van der Waals surface area contributed by atoms with Crippen molar-refractivity contribution in [1.82, 2.24) is 5.32 Å². The van der Waals surface area contributed by atoms with Crippen LogP contribution >= 0.6 is 0 Å². The van der Waals surface area contributed by atoms with E-state index in [0.29, 0.717) is 30.4 Å². The zero-order valence-electron chi connectivity index (χ0n) is 11.3. The molecular formula is C14H22N2O2. The number of anilines is 1. The number of carbonyl (C=O) groups excluding carboxylic acids is 1. The van der Waals surface area contributed by atoms with Crippen molar-refractivity contribution in [1.29, 1.82) is 0 Å². The van der Waals surface area contributed by atoms with Gasteiger partial charge in [0.2, 0.25) is 0 Å². The number of rotatable bonds is 6. The van der Waals surface area contributed by atoms with Gasteiger partial charge in [-0.2, -0.15) is 0 Å². The summed E-state index contributed by atoms with van der Waals surface area (Å²) in [5.74, 6) is 0.239. The second-order valence-corrected chi connectivity index (χ2v) is 4.61. The summed E-state index contributed by atoms with van der Waals surface area (Å²) >= 11 is 0. The van der Waals surface area contributed by atoms with E-state index in [0.717, 1.165) is 0 Å². The van der Waals surface area contributed by atoms with E-state index in [1.165, 1.54) is 0 Å². The van der Waals surface area contributed by atoms with E-state index < -0.39 is 0 Å². The summed E-state index contributed by atoms with van der Waals surface area (Å²) < 4.78 is 5.38. The lowest BCUT2D eigenvalue weighted by atomic mass is 10.0. The van der Waals surface area contributed by atoms with Gasteiger partial charge in [-0.1, -0.05) is 13.8 Å². The number of ether oxygens (including phenoxy) is 1. The first kappa shape index (κ1) is 14.5. The largest absolute Gasteiger partial charge is 0.399 e. The van der Waals surface area contributed by atoms with Crippen LogP contribution in [0.5, 0.6) is 0 Å². The third-order valence-electron chi connectivity index (χ3n) is 2.80. The standard InChI is InChI=1S/C14H22N2O2/c1-4-18-9-13(10(2)3)16-14(17)11-5-7-12(15)8-6-11/h5-8,10,13H,4,9,15H2,1-3H3,(H,16,17). The molecule has 1 aromatic rings. The Kier molecular flexibility index (Phi) is 5.65. The van der Waals surface area contributed by atoms with Crippen molar-refractivity contribution in [3.05, 3.63) is 29.8 Å². The molecule has 1 amide bonds. The molecule has 0 heterocycles. The molecule has 1 rings (SSSR count). The van der Waals surface area contributed by atoms with Gasteiger partial charge in [-0.05, 0) is 37.1 Å². The molecule has 18 heavy (non-hydrogen) atoms. The Morgan fingerprint density at radius 1 is 1.33 bits per heavy atom. The first-order valence-corrected chi connectivity index (χ1v) is 6.28. The molecule has 0 radical (unpaired) electrons. The molecule has 1 aromatic carbocycles. The van der Waals surface area contributed by atoms with E-state index in [1.54, 1.807) is 24.3 Å². The van der Waals surface area contributed by atoms with Crippen LogP contribution in [-0.2, 0) is 4.74 Å². The number of amides is 1. The van der Waals surface area contributed by atoms with E-state index in [2.05, 4.69) is 19.2 Å². The van der Waals surface area contributed by atoms with E-state index in [-0.39, 0.29) is 11.9 Å². The fourth-order valence-electron chi connectivity index (χ4n) is 1.53. The quantitative estimate of drug-likeness (QED) is 0.760. The third kappa shape index (κ3) is 4.37. The maximum atomic E-state index is 12.0. The van der Waals surface area contributed by atoms with Crippen LogP contribution in [0.25, 0.3) is 0 Å². The number of hydrogen-bond donors (Lipinski definition) is 2. The van der Waals surface area contributed by atoms with Crippen LogP contribution in [0, 0.1) is 5.92 Å². The van der Waals surface area contributed by atoms with Gasteiger partial charge in [0.15, 0.2) is 0 Å². The summed E-state index contributed by atoms with van der Waals surface area (Å²) in [5.41, 5.74) is 6.86. The molecule has 3 N–H and O–H groups in total. The molecule has 0 spiro atoms. The molecule has 4 nitrogen and oxygen atoms in total. The topological polar surface area (TPSA) is 64.3 Å². The van der Waals surface area contributed by atoms with Crippen LogP contribution in [0.2, 0.25) is 0 Å². The van der Waals surface area contributed by atoms with Crippen LogP contribution in [-0.4, -0.2) is 25.2 Å². The average Bonchev–Trinajstić information content (AvgIpc) is 2.34. The predicted molar refractivity (Wildman–Crippen MR) is 73.4 cm³/mol. The Hall–Kier alpha value is -1.55. The minimum Gasteiger partial charge on any atom is -0.399 e. The van der Waals surface area contributed by atoms with Crippen molar-refractivity contribution < 1.29 is 9.53 Å². The van der Waals surface area contributed by atoms with Crippen molar-refractivity contribution in [2.45, 2.75) is 26.8 Å². The maximum absolute atomic E-state index is 12.0. The Morgan fingerprint density at radius 2 is 1.94 bits per heavy atom. The lowest BCUT2D eigenvalue weighted by Gasteiger charge is -2.22. The van der Waals surface area contributed by atoms with Crippen LogP contribution in [0.4, 0.5) is 5.69 Å². The SMILES string of the molecule is CCOCC(NC(=O)c1ccc(N)cc1)C(C)C. The number of hydrogen-bond acceptors (Lipinski definition) is 3. The third-order valence-corrected chi connectivity index (χ3v) is 2.80. The fourth-order valence-corrected chi connectivity index (χ4v) is 1.53. The Bertz CT molecular complexity index is 374. The second-order valence-electron chi connectivity index (χ2n) is 4.61. The van der Waals surface area contributed by atoms with Gasteiger partial charge in [0.1, 0.15) is 0 Å². The van der Waals surface area contributed by atoms with Gasteiger partial charge in [0.25, 0.3) is 5.91 Å². The number of nitrogens with two attached hydrogens (primary N) is 1. The van der Waals surface area contributed by atoms with E-state index in [1.807, 2.05) is 6.92 Å². The molecule has 100 valence electrons. The predicted octanol–water partition coefficient (Wildman–Crippen LogP) is 2.06. The lowest BCUT2D eigenvalue weighted by molar-refractivity contribution is 0.0806. The van der Waals surface area contributed by atoms with Gasteiger partial charge < -0.3 is 15.8 Å². The van der Waals surface area contributed by atoms with Gasteiger partial charge >= 0.3 is 0 Å². The zero-order chi connectivity index (χ0) is 13.5. The van der Waals surface area contributed by atoms with Crippen molar-refractivity contribution in [2.75, 3.05) is 18.9 Å². The van der Waals surface area contributed by atoms with Gasteiger partial charge in [-0.15, -0.1) is 0 Å². The number of carbonyl (C=O) groups is 1. The highest BCUT2D eigenvalue weighted by atomic mass is 16.5. The molecule has 0 saturated heterocycles. The van der Waals surface area contributed by atoms with Crippen molar-refractivity contribution in [3.8, 4) is 0 Å². The summed E-state index contributed by atoms with van der Waals surface area (Å²) in [5, 5.41) is 2.98. The smallest absolute Gasteiger partial charge is 0.251 e. The van der Waals surface area contributed by atoms with Crippen LogP contribution in [0.3, 0.4) is 0 Å². The number of benzene rings is 1. The first-order valence-electron chi connectivity index (χ1n) is 6.28. The van der Waals surface area contributed by atoms with Crippen LogP contribution in [0.1, 0.15) is 31.1 Å². The average molecular weight is 250 g/mol. The molecule has 0 aliphatic heterocycles. The lowest BCUT2D eigenvalue weighted by Crippen LogP contribution is -2.41. The minimum atomic E-state index is -0.0894. The van der Waals surface area contributed by atoms with E-state index in [9.17, 15) is 4.79 Å². The monoisotopic (exact) mass is 250 g/mol. The molecule has 0 saturated carbocycles. The van der Waals surface area contributed by atoms with E-state index in [4.69, 9.17) is 10.5 Å². The first-order chi connectivity index (χ1) is 8.54. The molecule has 0 bridgehead atoms. The molecular weight excluding hydrogens is 228 g/mol. The Balaban J connectivity index is 2.63. The van der Waals surface area contributed by atoms with Crippen LogP contribution in [0.15, 0.2) is 24.3 Å². The molecule has 0 aliphatic rings. The molecule has 1 unspecified atom stereocenters. The van der Waals surface area contributed by atoms with Crippen molar-refractivity contribution in [2.24, 2.45) is 5.92 Å². The number of nitrogens with one attached hydrogen (secondary N) is 1. The summed E-state index contributed by atoms with van der Waals surface area (Å²) in [6.07, 6.45) is 0. The highest BCUT2D eigenvalue weighted by Crippen LogP contribution is 2.08. The Morgan fingerprint density at radius 3 is 2.44 bits per heavy atom. The molecule has 1 atom stereocenters. The van der Waals surface area contributed by atoms with Crippen molar-refractivity contribution >= 4 is 11.6 Å². The fraction of sp³-hybridized carbons (Fsp3) is 0.500. The van der Waals surface area contributed by atoms with E-state index >= 15 is 0 Å². The summed E-state index contributed by atoms with van der Waals surface area (Å²) in [7, 11) is 0. The van der Waals surface area contributed by atoms with Gasteiger partial charge in [-0.25, -0.2) is 0 Å². The highest BCUT2D eigenvalue weighted by molar-refractivity contribution is 5.94. The molecule has 0 fully saturated rings. The molecule has 0 aliphatic carbocycles. The second kappa shape index (κ2) is 7.01. The zero-order valence-corrected chi connectivity index (χ0v) is 11.3. The number of nitrogen functional groups attached to an aromatic ring is 1. The minimum absolute atomic E-state index is 0.0232. The van der Waals surface area contributed by atoms with Gasteiger partial charge in [-0.3, -0.25) is 4.79 Å². The summed E-state index contributed by atoms with van der Waals surface area (Å²) in [4.78, 5) is 12.0. The molecule has 4 heteroatoms. The Labute approximate surface area is 109 Å².